The number of benzene rings is 2. The molecule has 0 radical (unpaired) electrons. The zero-order valence-corrected chi connectivity index (χ0v) is 18.4. The molecule has 1 aliphatic heterocycles. The number of carbonyl (C=O) groups excluding carboxylic acids is 1. The lowest BCUT2D eigenvalue weighted by Crippen LogP contribution is -2.41. The molecule has 0 aliphatic carbocycles. The predicted octanol–water partition coefficient (Wildman–Crippen LogP) is 1.77. The van der Waals surface area contributed by atoms with Crippen molar-refractivity contribution in [3.63, 3.8) is 0 Å². The molecule has 164 valence electrons. The van der Waals surface area contributed by atoms with Crippen molar-refractivity contribution in [2.24, 2.45) is 0 Å². The van der Waals surface area contributed by atoms with Gasteiger partial charge in [-0.2, -0.15) is 0 Å². The first-order valence-electron chi connectivity index (χ1n) is 10.1. The summed E-state index contributed by atoms with van der Waals surface area (Å²) in [6.07, 6.45) is 0.477. The van der Waals surface area contributed by atoms with E-state index in [2.05, 4.69) is 9.88 Å². The molecule has 1 unspecified atom stereocenters. The van der Waals surface area contributed by atoms with E-state index in [4.69, 9.17) is 9.72 Å². The molecule has 1 aliphatic rings. The number of hydrogen-bond acceptors (Lipinski definition) is 6. The summed E-state index contributed by atoms with van der Waals surface area (Å²) in [5, 5.41) is 2.84. The molecule has 0 saturated carbocycles. The highest BCUT2D eigenvalue weighted by molar-refractivity contribution is 7.91. The van der Waals surface area contributed by atoms with Crippen LogP contribution in [0.15, 0.2) is 48.5 Å². The number of carbonyl (C=O) groups is 1. The number of fused-ring (bicyclic) bond motifs is 1. The quantitative estimate of drug-likeness (QED) is 0.599. The van der Waals surface area contributed by atoms with E-state index < -0.39 is 9.84 Å². The number of methoxy groups -OCH3 is 1. The maximum Gasteiger partial charge on any atom is 0.234 e. The fraction of sp³-hybridized carbons (Fsp3) is 0.364. The van der Waals surface area contributed by atoms with E-state index in [9.17, 15) is 13.2 Å². The third-order valence-corrected chi connectivity index (χ3v) is 7.15. The normalized spacial score (nSPS) is 17.8. The van der Waals surface area contributed by atoms with Crippen LogP contribution in [-0.2, 0) is 21.2 Å². The molecule has 1 N–H and O–H groups in total. The summed E-state index contributed by atoms with van der Waals surface area (Å²) in [4.78, 5) is 19.1. The molecule has 1 amide bonds. The van der Waals surface area contributed by atoms with Gasteiger partial charge < -0.3 is 10.1 Å². The van der Waals surface area contributed by atoms with Crippen molar-refractivity contribution in [2.75, 3.05) is 32.2 Å². The van der Waals surface area contributed by atoms with Gasteiger partial charge in [0.2, 0.25) is 5.91 Å². The van der Waals surface area contributed by atoms with Gasteiger partial charge in [0.1, 0.15) is 11.6 Å². The number of nitrogens with zero attached hydrogens (tertiary/aromatic N) is 3. The van der Waals surface area contributed by atoms with E-state index in [1.54, 1.807) is 7.11 Å². The Kier molecular flexibility index (Phi) is 5.97. The fourth-order valence-corrected chi connectivity index (χ4v) is 5.60. The van der Waals surface area contributed by atoms with Gasteiger partial charge in [-0.05, 0) is 49.9 Å². The second-order valence-electron chi connectivity index (χ2n) is 7.89. The van der Waals surface area contributed by atoms with E-state index >= 15 is 0 Å². The summed E-state index contributed by atoms with van der Waals surface area (Å²) in [6.45, 7) is 0.611. The first-order valence-corrected chi connectivity index (χ1v) is 12.0. The molecule has 2 aromatic carbocycles. The minimum Gasteiger partial charge on any atom is -0.497 e. The number of imidazole rings is 1. The summed E-state index contributed by atoms with van der Waals surface area (Å²) in [5.41, 5.74) is 2.82. The molecule has 8 nitrogen and oxygen atoms in total. The van der Waals surface area contributed by atoms with Crippen molar-refractivity contribution in [3.05, 3.63) is 54.4 Å². The van der Waals surface area contributed by atoms with Crippen LogP contribution in [0.4, 0.5) is 0 Å². The van der Waals surface area contributed by atoms with Crippen LogP contribution in [0.1, 0.15) is 12.2 Å². The average Bonchev–Trinajstić information content (AvgIpc) is 3.26. The van der Waals surface area contributed by atoms with Gasteiger partial charge in [0, 0.05) is 11.7 Å². The number of para-hydroxylation sites is 2. The van der Waals surface area contributed by atoms with Crippen molar-refractivity contribution < 1.29 is 17.9 Å². The highest BCUT2D eigenvalue weighted by Gasteiger charge is 2.29. The second-order valence-corrected chi connectivity index (χ2v) is 10.1. The van der Waals surface area contributed by atoms with Gasteiger partial charge in [-0.15, -0.1) is 0 Å². The number of amides is 1. The van der Waals surface area contributed by atoms with Crippen molar-refractivity contribution in [1.29, 1.82) is 0 Å². The summed E-state index contributed by atoms with van der Waals surface area (Å²) in [6, 6.07) is 15.4. The van der Waals surface area contributed by atoms with Gasteiger partial charge >= 0.3 is 0 Å². The molecule has 4 rings (SSSR count). The Hall–Kier alpha value is -2.91. The SMILES string of the molecule is COc1ccc(-n2c(CN(C)CC(=O)NC3CCS(=O)(=O)C3)nc3ccccc32)cc1. The number of rotatable bonds is 7. The first-order chi connectivity index (χ1) is 14.8. The Balaban J connectivity index is 1.51. The molecular formula is C22H26N4O4S. The Morgan fingerprint density at radius 1 is 1.23 bits per heavy atom. The molecule has 1 fully saturated rings. The Bertz CT molecular complexity index is 1190. The highest BCUT2D eigenvalue weighted by Crippen LogP contribution is 2.24. The lowest BCUT2D eigenvalue weighted by atomic mass is 10.2. The topological polar surface area (TPSA) is 93.5 Å². The Morgan fingerprint density at radius 3 is 2.65 bits per heavy atom. The van der Waals surface area contributed by atoms with Crippen LogP contribution in [0.3, 0.4) is 0 Å². The number of aromatic nitrogens is 2. The Labute approximate surface area is 181 Å². The number of hydrogen-bond donors (Lipinski definition) is 1. The van der Waals surface area contributed by atoms with Crippen LogP contribution in [0.25, 0.3) is 16.7 Å². The lowest BCUT2D eigenvalue weighted by Gasteiger charge is -2.19. The van der Waals surface area contributed by atoms with Crippen molar-refractivity contribution in [2.45, 2.75) is 19.0 Å². The molecule has 1 atom stereocenters. The second kappa shape index (κ2) is 8.68. The molecule has 31 heavy (non-hydrogen) atoms. The highest BCUT2D eigenvalue weighted by atomic mass is 32.2. The molecule has 0 spiro atoms. The molecule has 9 heteroatoms. The minimum absolute atomic E-state index is 0.0235. The van der Waals surface area contributed by atoms with E-state index in [1.807, 2.05) is 60.5 Å². The van der Waals surface area contributed by atoms with Crippen LogP contribution >= 0.6 is 0 Å². The van der Waals surface area contributed by atoms with Crippen LogP contribution in [0.5, 0.6) is 5.75 Å². The van der Waals surface area contributed by atoms with Gasteiger partial charge in [0.15, 0.2) is 9.84 Å². The Morgan fingerprint density at radius 2 is 1.97 bits per heavy atom. The number of likely N-dealkylation sites (N-methyl/N-ethyl adjacent to an activating group) is 1. The van der Waals surface area contributed by atoms with Gasteiger partial charge in [0.05, 0.1) is 42.7 Å². The van der Waals surface area contributed by atoms with E-state index in [-0.39, 0.29) is 30.0 Å². The van der Waals surface area contributed by atoms with E-state index in [0.29, 0.717) is 13.0 Å². The molecule has 3 aromatic rings. The predicted molar refractivity (Wildman–Crippen MR) is 119 cm³/mol. The third-order valence-electron chi connectivity index (χ3n) is 5.38. The number of ether oxygens (including phenoxy) is 1. The summed E-state index contributed by atoms with van der Waals surface area (Å²) < 4.78 is 30.5. The fourth-order valence-electron chi connectivity index (χ4n) is 3.93. The smallest absolute Gasteiger partial charge is 0.234 e. The molecule has 0 bridgehead atoms. The van der Waals surface area contributed by atoms with E-state index in [1.165, 1.54) is 0 Å². The lowest BCUT2D eigenvalue weighted by molar-refractivity contribution is -0.122. The van der Waals surface area contributed by atoms with Crippen LogP contribution in [0.2, 0.25) is 0 Å². The average molecular weight is 443 g/mol. The third kappa shape index (κ3) is 4.88. The van der Waals surface area contributed by atoms with Crippen LogP contribution in [0, 0.1) is 0 Å². The van der Waals surface area contributed by atoms with Crippen molar-refractivity contribution >= 4 is 26.8 Å². The van der Waals surface area contributed by atoms with Crippen molar-refractivity contribution in [3.8, 4) is 11.4 Å². The number of sulfone groups is 1. The largest absolute Gasteiger partial charge is 0.497 e. The molecule has 1 saturated heterocycles. The van der Waals surface area contributed by atoms with Crippen LogP contribution in [-0.4, -0.2) is 67.0 Å². The standard InChI is InChI=1S/C22H26N4O4S/c1-25(14-22(27)23-16-11-12-31(28,29)15-16)13-21-24-19-5-3-4-6-20(19)26(21)17-7-9-18(30-2)10-8-17/h3-10,16H,11-15H2,1-2H3,(H,23,27). The monoisotopic (exact) mass is 442 g/mol. The minimum atomic E-state index is -3.02. The maximum atomic E-state index is 12.4. The van der Waals surface area contributed by atoms with Gasteiger partial charge in [0.25, 0.3) is 0 Å². The zero-order valence-electron chi connectivity index (χ0n) is 17.6. The molecule has 2 heterocycles. The summed E-state index contributed by atoms with van der Waals surface area (Å²) >= 11 is 0. The molecular weight excluding hydrogens is 416 g/mol. The summed E-state index contributed by atoms with van der Waals surface area (Å²) in [7, 11) is 0.458. The van der Waals surface area contributed by atoms with E-state index in [0.717, 1.165) is 28.3 Å². The van der Waals surface area contributed by atoms with Gasteiger partial charge in [-0.25, -0.2) is 13.4 Å². The van der Waals surface area contributed by atoms with Crippen LogP contribution < -0.4 is 10.1 Å². The van der Waals surface area contributed by atoms with Crippen molar-refractivity contribution in [1.82, 2.24) is 19.8 Å². The maximum absolute atomic E-state index is 12.4. The molecule has 1 aromatic heterocycles. The summed E-state index contributed by atoms with van der Waals surface area (Å²) in [5.74, 6) is 1.56. The number of nitrogens with one attached hydrogen (secondary N) is 1. The van der Waals surface area contributed by atoms with Gasteiger partial charge in [-0.3, -0.25) is 14.3 Å². The zero-order chi connectivity index (χ0) is 22.0. The first kappa shape index (κ1) is 21.3. The van der Waals surface area contributed by atoms with Gasteiger partial charge in [-0.1, -0.05) is 12.1 Å².